The third-order valence-electron chi connectivity index (χ3n) is 2.36. The minimum absolute atomic E-state index is 0.103. The number of carbonyl (C=O) groups is 2. The molecule has 0 spiro atoms. The average molecular weight is 285 g/mol. The van der Waals surface area contributed by atoms with Gasteiger partial charge in [0.15, 0.2) is 0 Å². The first-order chi connectivity index (χ1) is 9.52. The SMILES string of the molecule is CCOC(=O)COC[C@@H](NC(=O)O)c1cccc(F)c1. The molecule has 1 aromatic carbocycles. The Morgan fingerprint density at radius 3 is 2.80 bits per heavy atom. The zero-order chi connectivity index (χ0) is 15.0. The molecule has 0 aliphatic rings. The number of nitrogens with one attached hydrogen (secondary N) is 1. The molecule has 7 heteroatoms. The Kier molecular flexibility index (Phi) is 6.45. The van der Waals surface area contributed by atoms with Gasteiger partial charge in [-0.05, 0) is 24.6 Å². The molecular formula is C13H16FNO5. The van der Waals surface area contributed by atoms with Crippen molar-refractivity contribution < 1.29 is 28.6 Å². The van der Waals surface area contributed by atoms with Gasteiger partial charge in [-0.15, -0.1) is 0 Å². The second-order valence-corrected chi connectivity index (χ2v) is 3.88. The Balaban J connectivity index is 2.61. The van der Waals surface area contributed by atoms with Crippen LogP contribution in [0, 0.1) is 5.82 Å². The van der Waals surface area contributed by atoms with Crippen molar-refractivity contribution in [1.82, 2.24) is 5.32 Å². The average Bonchev–Trinajstić information content (AvgIpc) is 2.37. The summed E-state index contributed by atoms with van der Waals surface area (Å²) in [6.45, 7) is 1.51. The fourth-order valence-electron chi connectivity index (χ4n) is 1.56. The quantitative estimate of drug-likeness (QED) is 0.745. The van der Waals surface area contributed by atoms with Crippen LogP contribution in [0.25, 0.3) is 0 Å². The molecule has 1 atom stereocenters. The van der Waals surface area contributed by atoms with E-state index < -0.39 is 23.9 Å². The molecule has 0 radical (unpaired) electrons. The van der Waals surface area contributed by atoms with Crippen LogP contribution in [-0.2, 0) is 14.3 Å². The fraction of sp³-hybridized carbons (Fsp3) is 0.385. The van der Waals surface area contributed by atoms with E-state index in [-0.39, 0.29) is 19.8 Å². The Bertz CT molecular complexity index is 466. The van der Waals surface area contributed by atoms with Crippen molar-refractivity contribution in [3.8, 4) is 0 Å². The van der Waals surface area contributed by atoms with E-state index in [1.165, 1.54) is 18.2 Å². The lowest BCUT2D eigenvalue weighted by Gasteiger charge is -2.17. The van der Waals surface area contributed by atoms with Gasteiger partial charge >= 0.3 is 12.1 Å². The minimum Gasteiger partial charge on any atom is -0.465 e. The molecule has 110 valence electrons. The molecule has 1 aromatic rings. The number of carbonyl (C=O) groups excluding carboxylic acids is 1. The fourth-order valence-corrected chi connectivity index (χ4v) is 1.56. The van der Waals surface area contributed by atoms with E-state index in [0.717, 1.165) is 0 Å². The third kappa shape index (κ3) is 5.66. The maximum absolute atomic E-state index is 13.1. The van der Waals surface area contributed by atoms with Crippen LogP contribution >= 0.6 is 0 Å². The molecule has 0 aliphatic heterocycles. The van der Waals surface area contributed by atoms with Crippen molar-refractivity contribution in [2.75, 3.05) is 19.8 Å². The topological polar surface area (TPSA) is 84.9 Å². The summed E-state index contributed by atoms with van der Waals surface area (Å²) in [5, 5.41) is 11.0. The van der Waals surface area contributed by atoms with Crippen LogP contribution in [0.5, 0.6) is 0 Å². The summed E-state index contributed by atoms with van der Waals surface area (Å²) in [7, 11) is 0. The van der Waals surface area contributed by atoms with Gasteiger partial charge in [0.1, 0.15) is 12.4 Å². The molecule has 2 N–H and O–H groups in total. The summed E-state index contributed by atoms with van der Waals surface area (Å²) in [6.07, 6.45) is -1.26. The number of hydrogen-bond donors (Lipinski definition) is 2. The summed E-state index contributed by atoms with van der Waals surface area (Å²) in [5.74, 6) is -1.02. The lowest BCUT2D eigenvalue weighted by molar-refractivity contribution is -0.148. The standard InChI is InChI=1S/C13H16FNO5/c1-2-20-12(16)8-19-7-11(15-13(17)18)9-4-3-5-10(14)6-9/h3-6,11,15H,2,7-8H2,1H3,(H,17,18)/t11-/m1/s1. The first-order valence-corrected chi connectivity index (χ1v) is 6.01. The zero-order valence-corrected chi connectivity index (χ0v) is 11.0. The summed E-state index contributed by atoms with van der Waals surface area (Å²) >= 11 is 0. The van der Waals surface area contributed by atoms with Crippen molar-refractivity contribution in [1.29, 1.82) is 0 Å². The summed E-state index contributed by atoms with van der Waals surface area (Å²) < 4.78 is 22.9. The number of amides is 1. The zero-order valence-electron chi connectivity index (χ0n) is 11.0. The van der Waals surface area contributed by atoms with Crippen molar-refractivity contribution in [3.05, 3.63) is 35.6 Å². The van der Waals surface area contributed by atoms with Crippen LogP contribution in [0.2, 0.25) is 0 Å². The van der Waals surface area contributed by atoms with Gasteiger partial charge in [0.05, 0.1) is 19.3 Å². The first-order valence-electron chi connectivity index (χ1n) is 6.01. The monoisotopic (exact) mass is 285 g/mol. The molecule has 0 fully saturated rings. The molecule has 6 nitrogen and oxygen atoms in total. The number of rotatable bonds is 7. The highest BCUT2D eigenvalue weighted by Crippen LogP contribution is 2.14. The molecule has 0 unspecified atom stereocenters. The normalized spacial score (nSPS) is 11.7. The predicted molar refractivity (Wildman–Crippen MR) is 67.8 cm³/mol. The van der Waals surface area contributed by atoms with Crippen LogP contribution < -0.4 is 5.32 Å². The Labute approximate surface area is 115 Å². The molecule has 1 amide bonds. The maximum atomic E-state index is 13.1. The largest absolute Gasteiger partial charge is 0.465 e. The van der Waals surface area contributed by atoms with Crippen LogP contribution in [0.4, 0.5) is 9.18 Å². The minimum atomic E-state index is -1.26. The number of hydrogen-bond acceptors (Lipinski definition) is 4. The molecule has 0 heterocycles. The number of halogens is 1. The smallest absolute Gasteiger partial charge is 0.405 e. The summed E-state index contributed by atoms with van der Waals surface area (Å²) in [5.41, 5.74) is 0.413. The Hall–Kier alpha value is -2.15. The third-order valence-corrected chi connectivity index (χ3v) is 2.36. The van der Waals surface area contributed by atoms with E-state index in [4.69, 9.17) is 9.84 Å². The van der Waals surface area contributed by atoms with Gasteiger partial charge in [-0.3, -0.25) is 0 Å². The van der Waals surface area contributed by atoms with E-state index in [2.05, 4.69) is 10.1 Å². The van der Waals surface area contributed by atoms with Gasteiger partial charge in [-0.1, -0.05) is 12.1 Å². The van der Waals surface area contributed by atoms with Gasteiger partial charge in [0.25, 0.3) is 0 Å². The Morgan fingerprint density at radius 1 is 1.45 bits per heavy atom. The molecule has 20 heavy (non-hydrogen) atoms. The van der Waals surface area contributed by atoms with E-state index in [9.17, 15) is 14.0 Å². The van der Waals surface area contributed by atoms with Crippen molar-refractivity contribution in [2.45, 2.75) is 13.0 Å². The van der Waals surface area contributed by atoms with Crippen LogP contribution in [0.3, 0.4) is 0 Å². The van der Waals surface area contributed by atoms with Crippen molar-refractivity contribution in [2.24, 2.45) is 0 Å². The number of esters is 1. The molecule has 0 saturated carbocycles. The predicted octanol–water partition coefficient (Wildman–Crippen LogP) is 1.71. The molecule has 1 rings (SSSR count). The van der Waals surface area contributed by atoms with Crippen LogP contribution in [0.1, 0.15) is 18.5 Å². The lowest BCUT2D eigenvalue weighted by atomic mass is 10.1. The van der Waals surface area contributed by atoms with E-state index in [1.54, 1.807) is 13.0 Å². The van der Waals surface area contributed by atoms with Gasteiger partial charge < -0.3 is 19.9 Å². The van der Waals surface area contributed by atoms with Crippen LogP contribution in [0.15, 0.2) is 24.3 Å². The van der Waals surface area contributed by atoms with E-state index in [0.29, 0.717) is 5.56 Å². The van der Waals surface area contributed by atoms with Crippen molar-refractivity contribution in [3.63, 3.8) is 0 Å². The van der Waals surface area contributed by atoms with Gasteiger partial charge in [0, 0.05) is 0 Å². The first kappa shape index (κ1) is 15.9. The highest BCUT2D eigenvalue weighted by atomic mass is 19.1. The Morgan fingerprint density at radius 2 is 2.20 bits per heavy atom. The number of carboxylic acid groups (broad SMARTS) is 1. The lowest BCUT2D eigenvalue weighted by Crippen LogP contribution is -2.31. The highest BCUT2D eigenvalue weighted by Gasteiger charge is 2.15. The molecule has 0 aromatic heterocycles. The molecule has 0 saturated heterocycles. The molecule has 0 bridgehead atoms. The van der Waals surface area contributed by atoms with Gasteiger partial charge in [-0.25, -0.2) is 14.0 Å². The molecular weight excluding hydrogens is 269 g/mol. The summed E-state index contributed by atoms with van der Waals surface area (Å²) in [4.78, 5) is 21.8. The second-order valence-electron chi connectivity index (χ2n) is 3.88. The number of benzene rings is 1. The van der Waals surface area contributed by atoms with Gasteiger partial charge in [0.2, 0.25) is 0 Å². The van der Waals surface area contributed by atoms with Crippen LogP contribution in [-0.4, -0.2) is 37.0 Å². The second kappa shape index (κ2) is 8.11. The van der Waals surface area contributed by atoms with E-state index in [1.807, 2.05) is 0 Å². The highest BCUT2D eigenvalue weighted by molar-refractivity contribution is 5.70. The van der Waals surface area contributed by atoms with Gasteiger partial charge in [-0.2, -0.15) is 0 Å². The molecule has 0 aliphatic carbocycles. The number of ether oxygens (including phenoxy) is 2. The van der Waals surface area contributed by atoms with E-state index >= 15 is 0 Å². The van der Waals surface area contributed by atoms with Crippen molar-refractivity contribution >= 4 is 12.1 Å². The summed E-state index contributed by atoms with van der Waals surface area (Å²) in [6, 6.07) is 4.72. The maximum Gasteiger partial charge on any atom is 0.405 e.